The lowest BCUT2D eigenvalue weighted by Gasteiger charge is -2.35. The van der Waals surface area contributed by atoms with Crippen molar-refractivity contribution in [2.75, 3.05) is 40.0 Å². The van der Waals surface area contributed by atoms with Crippen molar-refractivity contribution in [3.8, 4) is 0 Å². The first-order valence-corrected chi connectivity index (χ1v) is 7.39. The van der Waals surface area contributed by atoms with Crippen LogP contribution in [0.4, 0.5) is 0 Å². The highest BCUT2D eigenvalue weighted by Crippen LogP contribution is 2.23. The quantitative estimate of drug-likeness (QED) is 0.799. The smallest absolute Gasteiger partial charge is 0.252 e. The second kappa shape index (κ2) is 8.82. The van der Waals surface area contributed by atoms with Crippen molar-refractivity contribution in [2.45, 2.75) is 37.7 Å². The second-order valence-corrected chi connectivity index (χ2v) is 5.55. The fourth-order valence-corrected chi connectivity index (χ4v) is 2.94. The van der Waals surface area contributed by atoms with Crippen LogP contribution in [0.3, 0.4) is 0 Å². The Morgan fingerprint density at radius 1 is 1.35 bits per heavy atom. The van der Waals surface area contributed by atoms with E-state index in [0.29, 0.717) is 5.92 Å². The van der Waals surface area contributed by atoms with Gasteiger partial charge in [0, 0.05) is 26.9 Å². The van der Waals surface area contributed by atoms with Crippen molar-refractivity contribution in [2.24, 2.45) is 5.92 Å². The molecule has 2 saturated heterocycles. The Labute approximate surface area is 127 Å². The topological polar surface area (TPSA) is 59.6 Å². The molecular weight excluding hydrogens is 280 g/mol. The summed E-state index contributed by atoms with van der Waals surface area (Å²) in [6.45, 7) is 4.18. The number of piperidine rings is 1. The van der Waals surface area contributed by atoms with Crippen LogP contribution in [0.1, 0.15) is 32.1 Å². The molecule has 118 valence electrons. The molecule has 2 fully saturated rings. The van der Waals surface area contributed by atoms with Crippen molar-refractivity contribution in [1.29, 1.82) is 0 Å². The van der Waals surface area contributed by atoms with E-state index in [4.69, 9.17) is 9.47 Å². The van der Waals surface area contributed by atoms with Crippen LogP contribution in [0.2, 0.25) is 0 Å². The minimum absolute atomic E-state index is 0. The number of halogens is 1. The van der Waals surface area contributed by atoms with Crippen molar-refractivity contribution in [3.63, 3.8) is 0 Å². The minimum atomic E-state index is -0.610. The van der Waals surface area contributed by atoms with Crippen LogP contribution >= 0.6 is 12.4 Å². The molecule has 0 aromatic rings. The number of amides is 1. The monoisotopic (exact) mass is 306 g/mol. The van der Waals surface area contributed by atoms with Gasteiger partial charge in [0.2, 0.25) is 0 Å². The molecule has 0 aromatic heterocycles. The van der Waals surface area contributed by atoms with E-state index >= 15 is 0 Å². The van der Waals surface area contributed by atoms with Gasteiger partial charge in [0.15, 0.2) is 0 Å². The SMILES string of the molecule is COC1(C(=O)NCCC2CCOCC2)CCNCC1.Cl. The summed E-state index contributed by atoms with van der Waals surface area (Å²) in [4.78, 5) is 12.3. The number of nitrogens with one attached hydrogen (secondary N) is 2. The number of hydrogen-bond acceptors (Lipinski definition) is 4. The standard InChI is InChI=1S/C14H26N2O3.ClH/c1-18-14(5-8-15-9-6-14)13(17)16-7-2-12-3-10-19-11-4-12;/h12,15H,2-11H2,1H3,(H,16,17);1H. The van der Waals surface area contributed by atoms with Crippen LogP contribution in [0.5, 0.6) is 0 Å². The lowest BCUT2D eigenvalue weighted by atomic mass is 9.90. The van der Waals surface area contributed by atoms with Gasteiger partial charge < -0.3 is 20.1 Å². The van der Waals surface area contributed by atoms with Crippen LogP contribution in [0.15, 0.2) is 0 Å². The van der Waals surface area contributed by atoms with E-state index in [2.05, 4.69) is 10.6 Å². The van der Waals surface area contributed by atoms with E-state index in [1.165, 1.54) is 0 Å². The molecule has 20 heavy (non-hydrogen) atoms. The Hall–Kier alpha value is -0.360. The Bertz CT molecular complexity index is 290. The second-order valence-electron chi connectivity index (χ2n) is 5.55. The molecule has 5 nitrogen and oxygen atoms in total. The third kappa shape index (κ3) is 4.58. The van der Waals surface area contributed by atoms with Crippen LogP contribution < -0.4 is 10.6 Å². The average molecular weight is 307 g/mol. The summed E-state index contributed by atoms with van der Waals surface area (Å²) in [7, 11) is 1.64. The van der Waals surface area contributed by atoms with Crippen LogP contribution in [-0.2, 0) is 14.3 Å². The van der Waals surface area contributed by atoms with Gasteiger partial charge in [0.05, 0.1) is 0 Å². The Morgan fingerprint density at radius 3 is 2.60 bits per heavy atom. The average Bonchev–Trinajstić information content (AvgIpc) is 2.49. The molecule has 2 aliphatic rings. The van der Waals surface area contributed by atoms with Crippen molar-refractivity contribution >= 4 is 18.3 Å². The molecule has 0 aliphatic carbocycles. The largest absolute Gasteiger partial charge is 0.381 e. The van der Waals surface area contributed by atoms with Gasteiger partial charge in [0.25, 0.3) is 5.91 Å². The molecule has 0 atom stereocenters. The summed E-state index contributed by atoms with van der Waals surface area (Å²) < 4.78 is 10.9. The van der Waals surface area contributed by atoms with Crippen LogP contribution in [-0.4, -0.2) is 51.5 Å². The van der Waals surface area contributed by atoms with Crippen molar-refractivity contribution < 1.29 is 14.3 Å². The maximum Gasteiger partial charge on any atom is 0.252 e. The molecule has 0 unspecified atom stereocenters. The summed E-state index contributed by atoms with van der Waals surface area (Å²) in [5, 5.41) is 6.32. The van der Waals surface area contributed by atoms with Gasteiger partial charge in [0.1, 0.15) is 5.60 Å². The Balaban J connectivity index is 0.00000200. The molecule has 2 aliphatic heterocycles. The maximum atomic E-state index is 12.3. The number of carbonyl (C=O) groups is 1. The van der Waals surface area contributed by atoms with Crippen LogP contribution in [0.25, 0.3) is 0 Å². The summed E-state index contributed by atoms with van der Waals surface area (Å²) >= 11 is 0. The first-order chi connectivity index (χ1) is 9.27. The zero-order chi connectivity index (χ0) is 13.6. The maximum absolute atomic E-state index is 12.3. The summed E-state index contributed by atoms with van der Waals surface area (Å²) in [6.07, 6.45) is 4.80. The van der Waals surface area contributed by atoms with Crippen molar-refractivity contribution in [1.82, 2.24) is 10.6 Å². The number of hydrogen-bond donors (Lipinski definition) is 2. The lowest BCUT2D eigenvalue weighted by molar-refractivity contribution is -0.146. The van der Waals surface area contributed by atoms with E-state index in [1.54, 1.807) is 7.11 Å². The van der Waals surface area contributed by atoms with Gasteiger partial charge in [-0.25, -0.2) is 0 Å². The highest BCUT2D eigenvalue weighted by molar-refractivity contribution is 5.85. The van der Waals surface area contributed by atoms with E-state index < -0.39 is 5.60 Å². The molecule has 0 aromatic carbocycles. The van der Waals surface area contributed by atoms with E-state index in [1.807, 2.05) is 0 Å². The van der Waals surface area contributed by atoms with Gasteiger partial charge in [-0.2, -0.15) is 0 Å². The molecule has 6 heteroatoms. The normalized spacial score (nSPS) is 22.9. The molecule has 2 N–H and O–H groups in total. The molecular formula is C14H27ClN2O3. The highest BCUT2D eigenvalue weighted by Gasteiger charge is 2.39. The number of ether oxygens (including phenoxy) is 2. The molecule has 0 spiro atoms. The van der Waals surface area contributed by atoms with E-state index in [0.717, 1.165) is 65.0 Å². The zero-order valence-corrected chi connectivity index (χ0v) is 13.1. The highest BCUT2D eigenvalue weighted by atomic mass is 35.5. The van der Waals surface area contributed by atoms with E-state index in [9.17, 15) is 4.79 Å². The Kier molecular flexibility index (Phi) is 7.80. The summed E-state index contributed by atoms with van der Waals surface area (Å²) in [5.41, 5.74) is -0.610. The summed E-state index contributed by atoms with van der Waals surface area (Å²) in [5.74, 6) is 0.754. The molecule has 2 heterocycles. The van der Waals surface area contributed by atoms with Gasteiger partial charge in [-0.1, -0.05) is 0 Å². The number of rotatable bonds is 5. The minimum Gasteiger partial charge on any atom is -0.381 e. The third-order valence-corrected chi connectivity index (χ3v) is 4.39. The lowest BCUT2D eigenvalue weighted by Crippen LogP contribution is -2.54. The molecule has 2 rings (SSSR count). The first-order valence-electron chi connectivity index (χ1n) is 7.39. The molecule has 0 saturated carbocycles. The van der Waals surface area contributed by atoms with Gasteiger partial charge >= 0.3 is 0 Å². The predicted octanol–water partition coefficient (Wildman–Crippen LogP) is 1.11. The first kappa shape index (κ1) is 17.7. The van der Waals surface area contributed by atoms with Gasteiger partial charge in [-0.15, -0.1) is 12.4 Å². The van der Waals surface area contributed by atoms with E-state index in [-0.39, 0.29) is 18.3 Å². The van der Waals surface area contributed by atoms with Crippen molar-refractivity contribution in [3.05, 3.63) is 0 Å². The third-order valence-electron chi connectivity index (χ3n) is 4.39. The fourth-order valence-electron chi connectivity index (χ4n) is 2.94. The summed E-state index contributed by atoms with van der Waals surface area (Å²) in [6, 6.07) is 0. The Morgan fingerprint density at radius 2 is 2.00 bits per heavy atom. The molecule has 0 bridgehead atoms. The predicted molar refractivity (Wildman–Crippen MR) is 80.3 cm³/mol. The number of carbonyl (C=O) groups excluding carboxylic acids is 1. The molecule has 1 amide bonds. The van der Waals surface area contributed by atoms with Gasteiger partial charge in [-0.3, -0.25) is 4.79 Å². The number of methoxy groups -OCH3 is 1. The zero-order valence-electron chi connectivity index (χ0n) is 12.3. The fraction of sp³-hybridized carbons (Fsp3) is 0.929. The van der Waals surface area contributed by atoms with Gasteiger partial charge in [-0.05, 0) is 51.1 Å². The van der Waals surface area contributed by atoms with Crippen LogP contribution in [0, 0.1) is 5.92 Å². The molecule has 0 radical (unpaired) electrons.